The topological polar surface area (TPSA) is 87.7 Å². The molecule has 3 atom stereocenters. The van der Waals surface area contributed by atoms with Gasteiger partial charge >= 0.3 is 6.09 Å². The lowest BCUT2D eigenvalue weighted by Crippen LogP contribution is -2.54. The zero-order valence-corrected chi connectivity index (χ0v) is 25.9. The molecule has 3 amide bonds. The second-order valence-corrected chi connectivity index (χ2v) is 12.1. The third kappa shape index (κ3) is 11.3. The summed E-state index contributed by atoms with van der Waals surface area (Å²) in [7, 11) is 0. The van der Waals surface area contributed by atoms with E-state index in [1.165, 1.54) is 0 Å². The minimum Gasteiger partial charge on any atom is -0.444 e. The van der Waals surface area contributed by atoms with Crippen LogP contribution in [0, 0.1) is 13.8 Å². The highest BCUT2D eigenvalue weighted by Gasteiger charge is 2.37. The Kier molecular flexibility index (Phi) is 14.8. The molecule has 1 aromatic carbocycles. The summed E-state index contributed by atoms with van der Waals surface area (Å²) in [5.41, 5.74) is 2.18. The average Bonchev–Trinajstić information content (AvgIpc) is 2.82. The molecule has 2 N–H and O–H groups in total. The van der Waals surface area contributed by atoms with Gasteiger partial charge in [0.2, 0.25) is 11.8 Å². The summed E-state index contributed by atoms with van der Waals surface area (Å²) in [6, 6.07) is 4.28. The lowest BCUT2D eigenvalue weighted by Gasteiger charge is -2.36. The lowest BCUT2D eigenvalue weighted by molar-refractivity contribution is -0.143. The van der Waals surface area contributed by atoms with E-state index in [0.717, 1.165) is 48.8 Å². The van der Waals surface area contributed by atoms with Crippen LogP contribution in [0.15, 0.2) is 18.2 Å². The second kappa shape index (κ2) is 16.7. The zero-order valence-electron chi connectivity index (χ0n) is 25.1. The Labute approximate surface area is 235 Å². The highest BCUT2D eigenvalue weighted by atomic mass is 32.2. The van der Waals surface area contributed by atoms with Gasteiger partial charge in [-0.1, -0.05) is 51.3 Å². The normalized spacial score (nSPS) is 13.8. The molecule has 0 aliphatic carbocycles. The molecule has 216 valence electrons. The molecule has 7 nitrogen and oxygen atoms in total. The van der Waals surface area contributed by atoms with Crippen LogP contribution >= 0.6 is 11.8 Å². The Morgan fingerprint density at radius 3 is 2.29 bits per heavy atom. The standard InChI is InChI=1S/C30H51N3O4S/c1-10-12-13-19-33(28(35)25(18-20-38-9)32-29(36)37-30(6,7)8)26(27(34)31-22(4)15-11-2)24-17-14-16-21(3)23(24)5/h14,16-17,22,25-26H,10-13,15,18-20H2,1-9H3,(H,31,34)(H,32,36). The summed E-state index contributed by atoms with van der Waals surface area (Å²) < 4.78 is 5.48. The molecular weight excluding hydrogens is 498 g/mol. The minimum absolute atomic E-state index is 0.0140. The fourth-order valence-corrected chi connectivity index (χ4v) is 4.86. The summed E-state index contributed by atoms with van der Waals surface area (Å²) in [6.45, 7) is 16.0. The van der Waals surface area contributed by atoms with Gasteiger partial charge in [-0.15, -0.1) is 0 Å². The van der Waals surface area contributed by atoms with Gasteiger partial charge in [-0.3, -0.25) is 9.59 Å². The molecule has 38 heavy (non-hydrogen) atoms. The van der Waals surface area contributed by atoms with Crippen molar-refractivity contribution in [3.8, 4) is 0 Å². The van der Waals surface area contributed by atoms with Crippen molar-refractivity contribution in [1.82, 2.24) is 15.5 Å². The van der Waals surface area contributed by atoms with Crippen molar-refractivity contribution in [3.05, 3.63) is 34.9 Å². The Morgan fingerprint density at radius 2 is 1.71 bits per heavy atom. The number of hydrogen-bond donors (Lipinski definition) is 2. The van der Waals surface area contributed by atoms with Crippen molar-refractivity contribution in [2.75, 3.05) is 18.6 Å². The van der Waals surface area contributed by atoms with Crippen LogP contribution in [0.1, 0.15) is 103 Å². The molecular formula is C30H51N3O4S. The van der Waals surface area contributed by atoms with E-state index in [4.69, 9.17) is 4.74 Å². The molecule has 0 saturated carbocycles. The van der Waals surface area contributed by atoms with Gasteiger partial charge in [0.25, 0.3) is 0 Å². The molecule has 3 unspecified atom stereocenters. The predicted molar refractivity (Wildman–Crippen MR) is 159 cm³/mol. The first-order valence-corrected chi connectivity index (χ1v) is 15.4. The number of rotatable bonds is 15. The Hall–Kier alpha value is -2.22. The average molecular weight is 550 g/mol. The number of amides is 3. The van der Waals surface area contributed by atoms with Crippen molar-refractivity contribution < 1.29 is 19.1 Å². The monoisotopic (exact) mass is 549 g/mol. The molecule has 0 aliphatic heterocycles. The molecule has 0 bridgehead atoms. The number of carbonyl (C=O) groups excluding carboxylic acids is 3. The van der Waals surface area contributed by atoms with E-state index in [9.17, 15) is 14.4 Å². The van der Waals surface area contributed by atoms with Crippen LogP contribution in [0.3, 0.4) is 0 Å². The summed E-state index contributed by atoms with van der Waals surface area (Å²) in [5, 5.41) is 5.97. The van der Waals surface area contributed by atoms with Crippen LogP contribution in [-0.2, 0) is 14.3 Å². The van der Waals surface area contributed by atoms with Crippen molar-refractivity contribution in [2.45, 2.75) is 118 Å². The van der Waals surface area contributed by atoms with E-state index in [1.54, 1.807) is 37.4 Å². The Morgan fingerprint density at radius 1 is 1.03 bits per heavy atom. The van der Waals surface area contributed by atoms with Gasteiger partial charge in [0.15, 0.2) is 0 Å². The third-order valence-electron chi connectivity index (χ3n) is 6.50. The number of unbranched alkanes of at least 4 members (excludes halogenated alkanes) is 2. The number of ether oxygens (including phenoxy) is 1. The molecule has 0 radical (unpaired) electrons. The van der Waals surface area contributed by atoms with Gasteiger partial charge in [-0.25, -0.2) is 4.79 Å². The van der Waals surface area contributed by atoms with Crippen LogP contribution in [-0.4, -0.2) is 59.0 Å². The first-order chi connectivity index (χ1) is 17.9. The van der Waals surface area contributed by atoms with Gasteiger partial charge < -0.3 is 20.3 Å². The van der Waals surface area contributed by atoms with Gasteiger partial charge in [0.1, 0.15) is 17.7 Å². The molecule has 8 heteroatoms. The van der Waals surface area contributed by atoms with Gasteiger partial charge in [-0.2, -0.15) is 11.8 Å². The van der Waals surface area contributed by atoms with Gasteiger partial charge in [0, 0.05) is 12.6 Å². The molecule has 0 heterocycles. The van der Waals surface area contributed by atoms with Gasteiger partial charge in [-0.05, 0) is 89.5 Å². The van der Waals surface area contributed by atoms with Crippen LogP contribution in [0.2, 0.25) is 0 Å². The fraction of sp³-hybridized carbons (Fsp3) is 0.700. The predicted octanol–water partition coefficient (Wildman–Crippen LogP) is 6.31. The minimum atomic E-state index is -0.799. The molecule has 0 aromatic heterocycles. The van der Waals surface area contributed by atoms with Gasteiger partial charge in [0.05, 0.1) is 0 Å². The number of aryl methyl sites for hydroxylation is 1. The molecule has 0 aliphatic rings. The van der Waals surface area contributed by atoms with Crippen LogP contribution in [0.4, 0.5) is 4.79 Å². The quantitative estimate of drug-likeness (QED) is 0.250. The highest BCUT2D eigenvalue weighted by molar-refractivity contribution is 7.98. The summed E-state index contributed by atoms with van der Waals surface area (Å²) >= 11 is 1.61. The molecule has 1 rings (SSSR count). The molecule has 0 fully saturated rings. The smallest absolute Gasteiger partial charge is 0.408 e. The number of nitrogens with one attached hydrogen (secondary N) is 2. The van der Waals surface area contributed by atoms with E-state index in [-0.39, 0.29) is 17.9 Å². The van der Waals surface area contributed by atoms with Crippen molar-refractivity contribution in [2.24, 2.45) is 0 Å². The second-order valence-electron chi connectivity index (χ2n) is 11.1. The van der Waals surface area contributed by atoms with Crippen molar-refractivity contribution >= 4 is 29.7 Å². The highest BCUT2D eigenvalue weighted by Crippen LogP contribution is 2.28. The van der Waals surface area contributed by atoms with Crippen LogP contribution in [0.5, 0.6) is 0 Å². The third-order valence-corrected chi connectivity index (χ3v) is 7.14. The Bertz CT molecular complexity index is 900. The number of benzene rings is 1. The van der Waals surface area contributed by atoms with E-state index >= 15 is 0 Å². The summed E-state index contributed by atoms with van der Waals surface area (Å²) in [4.78, 5) is 42.5. The zero-order chi connectivity index (χ0) is 28.9. The fourth-order valence-electron chi connectivity index (χ4n) is 4.39. The summed E-state index contributed by atoms with van der Waals surface area (Å²) in [6.07, 6.45) is 6.27. The largest absolute Gasteiger partial charge is 0.444 e. The lowest BCUT2D eigenvalue weighted by atomic mass is 9.94. The molecule has 0 spiro atoms. The van der Waals surface area contributed by atoms with E-state index < -0.39 is 23.8 Å². The first kappa shape index (κ1) is 33.8. The van der Waals surface area contributed by atoms with Crippen LogP contribution < -0.4 is 10.6 Å². The number of nitrogens with zero attached hydrogens (tertiary/aromatic N) is 1. The first-order valence-electron chi connectivity index (χ1n) is 14.0. The number of alkyl carbamates (subject to hydrolysis) is 1. The molecule has 1 aromatic rings. The van der Waals surface area contributed by atoms with E-state index in [0.29, 0.717) is 18.7 Å². The summed E-state index contributed by atoms with van der Waals surface area (Å²) in [5.74, 6) is 0.235. The Balaban J connectivity index is 3.55. The SMILES string of the molecule is CCCCCN(C(=O)C(CCSC)NC(=O)OC(C)(C)C)C(C(=O)NC(C)CCC)c1cccc(C)c1C. The van der Waals surface area contributed by atoms with E-state index in [2.05, 4.69) is 24.5 Å². The van der Waals surface area contributed by atoms with Crippen molar-refractivity contribution in [1.29, 1.82) is 0 Å². The number of carbonyl (C=O) groups is 3. The maximum atomic E-state index is 14.2. The van der Waals surface area contributed by atoms with E-state index in [1.807, 2.05) is 45.2 Å². The maximum Gasteiger partial charge on any atom is 0.408 e. The maximum absolute atomic E-state index is 14.2. The number of hydrogen-bond acceptors (Lipinski definition) is 5. The van der Waals surface area contributed by atoms with Crippen LogP contribution in [0.25, 0.3) is 0 Å². The number of thioether (sulfide) groups is 1. The molecule has 0 saturated heterocycles. The van der Waals surface area contributed by atoms with Crippen molar-refractivity contribution in [3.63, 3.8) is 0 Å².